The van der Waals surface area contributed by atoms with E-state index < -0.39 is 0 Å². The fourth-order valence-corrected chi connectivity index (χ4v) is 2.19. The van der Waals surface area contributed by atoms with Crippen molar-refractivity contribution >= 4 is 0 Å². The van der Waals surface area contributed by atoms with Crippen LogP contribution in [0, 0.1) is 11.7 Å². The summed E-state index contributed by atoms with van der Waals surface area (Å²) in [5.74, 6) is 0.323. The van der Waals surface area contributed by atoms with Gasteiger partial charge in [-0.1, -0.05) is 18.2 Å². The molecular formula is C13H18FNO. The SMILES string of the molecule is OCC1CCN(Cc2ccccc2F)CC1. The van der Waals surface area contributed by atoms with Crippen LogP contribution >= 0.6 is 0 Å². The van der Waals surface area contributed by atoms with Crippen LogP contribution in [0.5, 0.6) is 0 Å². The first kappa shape index (κ1) is 11.6. The number of likely N-dealkylation sites (tertiary alicyclic amines) is 1. The first-order chi connectivity index (χ1) is 7.79. The molecule has 0 saturated carbocycles. The highest BCUT2D eigenvalue weighted by atomic mass is 19.1. The monoisotopic (exact) mass is 223 g/mol. The molecule has 1 aliphatic rings. The van der Waals surface area contributed by atoms with Crippen molar-refractivity contribution in [2.24, 2.45) is 5.92 Å². The third-order valence-electron chi connectivity index (χ3n) is 3.32. The van der Waals surface area contributed by atoms with Gasteiger partial charge in [-0.2, -0.15) is 0 Å². The van der Waals surface area contributed by atoms with Gasteiger partial charge in [-0.3, -0.25) is 4.90 Å². The molecule has 1 heterocycles. The topological polar surface area (TPSA) is 23.5 Å². The second-order valence-corrected chi connectivity index (χ2v) is 4.49. The highest BCUT2D eigenvalue weighted by Gasteiger charge is 2.18. The third-order valence-corrected chi connectivity index (χ3v) is 3.32. The number of rotatable bonds is 3. The maximum atomic E-state index is 13.4. The van der Waals surface area contributed by atoms with Crippen LogP contribution in [-0.2, 0) is 6.54 Å². The standard InChI is InChI=1S/C13H18FNO/c14-13-4-2-1-3-12(13)9-15-7-5-11(10-16)6-8-15/h1-4,11,16H,5-10H2. The largest absolute Gasteiger partial charge is 0.396 e. The lowest BCUT2D eigenvalue weighted by atomic mass is 9.97. The minimum atomic E-state index is -0.119. The van der Waals surface area contributed by atoms with Crippen LogP contribution < -0.4 is 0 Å². The lowest BCUT2D eigenvalue weighted by Crippen LogP contribution is -2.34. The van der Waals surface area contributed by atoms with Crippen LogP contribution in [0.1, 0.15) is 18.4 Å². The van der Waals surface area contributed by atoms with Gasteiger partial charge in [-0.25, -0.2) is 4.39 Å². The van der Waals surface area contributed by atoms with Gasteiger partial charge in [0, 0.05) is 18.7 Å². The molecule has 1 N–H and O–H groups in total. The van der Waals surface area contributed by atoms with E-state index in [-0.39, 0.29) is 12.4 Å². The molecule has 2 nitrogen and oxygen atoms in total. The first-order valence-electron chi connectivity index (χ1n) is 5.86. The summed E-state index contributed by atoms with van der Waals surface area (Å²) in [4.78, 5) is 2.25. The second kappa shape index (κ2) is 5.41. The molecule has 2 rings (SSSR count). The van der Waals surface area contributed by atoms with E-state index in [4.69, 9.17) is 5.11 Å². The van der Waals surface area contributed by atoms with Crippen molar-refractivity contribution in [2.45, 2.75) is 19.4 Å². The zero-order valence-electron chi connectivity index (χ0n) is 9.40. The number of hydrogen-bond acceptors (Lipinski definition) is 2. The Labute approximate surface area is 95.7 Å². The Balaban J connectivity index is 1.89. The summed E-state index contributed by atoms with van der Waals surface area (Å²) in [5.41, 5.74) is 0.768. The van der Waals surface area contributed by atoms with Crippen LogP contribution in [0.15, 0.2) is 24.3 Å². The molecule has 0 spiro atoms. The molecule has 1 saturated heterocycles. The van der Waals surface area contributed by atoms with Gasteiger partial charge in [0.2, 0.25) is 0 Å². The van der Waals surface area contributed by atoms with Gasteiger partial charge in [-0.15, -0.1) is 0 Å². The lowest BCUT2D eigenvalue weighted by molar-refractivity contribution is 0.126. The Hall–Kier alpha value is -0.930. The number of benzene rings is 1. The number of piperidine rings is 1. The summed E-state index contributed by atoms with van der Waals surface area (Å²) >= 11 is 0. The predicted octanol–water partition coefficient (Wildman–Crippen LogP) is 2.03. The van der Waals surface area contributed by atoms with Gasteiger partial charge in [0.15, 0.2) is 0 Å². The first-order valence-corrected chi connectivity index (χ1v) is 5.86. The number of aliphatic hydroxyl groups excluding tert-OH is 1. The number of aliphatic hydroxyl groups is 1. The van der Waals surface area contributed by atoms with E-state index in [1.807, 2.05) is 12.1 Å². The van der Waals surface area contributed by atoms with Gasteiger partial charge in [0.1, 0.15) is 5.82 Å². The maximum absolute atomic E-state index is 13.4. The van der Waals surface area contributed by atoms with Crippen LogP contribution in [0.2, 0.25) is 0 Å². The highest BCUT2D eigenvalue weighted by molar-refractivity contribution is 5.17. The number of nitrogens with zero attached hydrogens (tertiary/aromatic N) is 1. The Morgan fingerprint density at radius 1 is 1.25 bits per heavy atom. The second-order valence-electron chi connectivity index (χ2n) is 4.49. The van der Waals surface area contributed by atoms with E-state index in [1.165, 1.54) is 6.07 Å². The molecule has 0 radical (unpaired) electrons. The van der Waals surface area contributed by atoms with E-state index in [0.717, 1.165) is 31.5 Å². The Morgan fingerprint density at radius 2 is 1.94 bits per heavy atom. The molecule has 1 aromatic carbocycles. The molecule has 0 aromatic heterocycles. The Kier molecular flexibility index (Phi) is 3.91. The molecule has 0 aliphatic carbocycles. The van der Waals surface area contributed by atoms with Crippen LogP contribution in [-0.4, -0.2) is 29.7 Å². The summed E-state index contributed by atoms with van der Waals surface area (Å²) in [5, 5.41) is 9.03. The molecular weight excluding hydrogens is 205 g/mol. The van der Waals surface area contributed by atoms with Gasteiger partial charge < -0.3 is 5.11 Å². The molecule has 1 fully saturated rings. The van der Waals surface area contributed by atoms with Crippen molar-refractivity contribution in [3.8, 4) is 0 Å². The lowest BCUT2D eigenvalue weighted by Gasteiger charge is -2.31. The fourth-order valence-electron chi connectivity index (χ4n) is 2.19. The molecule has 0 unspecified atom stereocenters. The van der Waals surface area contributed by atoms with E-state index in [0.29, 0.717) is 12.5 Å². The normalized spacial score (nSPS) is 18.9. The van der Waals surface area contributed by atoms with Crippen molar-refractivity contribution in [3.63, 3.8) is 0 Å². The highest BCUT2D eigenvalue weighted by Crippen LogP contribution is 2.19. The zero-order chi connectivity index (χ0) is 11.4. The number of halogens is 1. The molecule has 16 heavy (non-hydrogen) atoms. The average Bonchev–Trinajstić information content (AvgIpc) is 2.33. The Morgan fingerprint density at radius 3 is 2.56 bits per heavy atom. The van der Waals surface area contributed by atoms with Gasteiger partial charge >= 0.3 is 0 Å². The van der Waals surface area contributed by atoms with E-state index in [1.54, 1.807) is 6.07 Å². The molecule has 0 atom stereocenters. The molecule has 0 bridgehead atoms. The van der Waals surface area contributed by atoms with Crippen LogP contribution in [0.3, 0.4) is 0 Å². The van der Waals surface area contributed by atoms with Gasteiger partial charge in [0.05, 0.1) is 0 Å². The smallest absolute Gasteiger partial charge is 0.127 e. The Bertz CT molecular complexity index is 334. The van der Waals surface area contributed by atoms with E-state index >= 15 is 0 Å². The molecule has 0 amide bonds. The molecule has 1 aliphatic heterocycles. The van der Waals surface area contributed by atoms with E-state index in [2.05, 4.69) is 4.90 Å². The summed E-state index contributed by atoms with van der Waals surface area (Å²) in [6.07, 6.45) is 2.04. The van der Waals surface area contributed by atoms with Crippen LogP contribution in [0.4, 0.5) is 4.39 Å². The van der Waals surface area contributed by atoms with Crippen LogP contribution in [0.25, 0.3) is 0 Å². The summed E-state index contributed by atoms with van der Waals surface area (Å²) < 4.78 is 13.4. The van der Waals surface area contributed by atoms with Crippen molar-refractivity contribution < 1.29 is 9.50 Å². The molecule has 1 aromatic rings. The van der Waals surface area contributed by atoms with Crippen molar-refractivity contribution in [2.75, 3.05) is 19.7 Å². The summed E-state index contributed by atoms with van der Waals surface area (Å²) in [7, 11) is 0. The third kappa shape index (κ3) is 2.80. The average molecular weight is 223 g/mol. The minimum Gasteiger partial charge on any atom is -0.396 e. The van der Waals surface area contributed by atoms with E-state index in [9.17, 15) is 4.39 Å². The van der Waals surface area contributed by atoms with Gasteiger partial charge in [0.25, 0.3) is 0 Å². The summed E-state index contributed by atoms with van der Waals surface area (Å²) in [6, 6.07) is 6.94. The minimum absolute atomic E-state index is 0.119. The van der Waals surface area contributed by atoms with Crippen molar-refractivity contribution in [1.82, 2.24) is 4.90 Å². The fraction of sp³-hybridized carbons (Fsp3) is 0.538. The summed E-state index contributed by atoms with van der Waals surface area (Å²) in [6.45, 7) is 2.89. The van der Waals surface area contributed by atoms with Crippen molar-refractivity contribution in [1.29, 1.82) is 0 Å². The van der Waals surface area contributed by atoms with Gasteiger partial charge in [-0.05, 0) is 37.9 Å². The molecule has 3 heteroatoms. The molecule has 88 valence electrons. The quantitative estimate of drug-likeness (QED) is 0.847. The number of hydrogen-bond donors (Lipinski definition) is 1. The maximum Gasteiger partial charge on any atom is 0.127 e. The van der Waals surface area contributed by atoms with Crippen molar-refractivity contribution in [3.05, 3.63) is 35.6 Å². The predicted molar refractivity (Wildman–Crippen MR) is 61.5 cm³/mol. The zero-order valence-corrected chi connectivity index (χ0v) is 9.40.